The fraction of sp³-hybridized carbons (Fsp3) is 0.381. The molecule has 7 nitrogen and oxygen atoms in total. The zero-order valence-electron chi connectivity index (χ0n) is 17.4. The Morgan fingerprint density at radius 1 is 1.20 bits per heavy atom. The van der Waals surface area contributed by atoms with Gasteiger partial charge in [0, 0.05) is 13.1 Å². The Bertz CT molecular complexity index is 1140. The number of hydrogen-bond acceptors (Lipinski definition) is 5. The van der Waals surface area contributed by atoms with E-state index in [1.165, 1.54) is 25.3 Å². The number of ether oxygens (including phenoxy) is 1. The van der Waals surface area contributed by atoms with Crippen LogP contribution in [0.5, 0.6) is 5.75 Å². The summed E-state index contributed by atoms with van der Waals surface area (Å²) in [4.78, 5) is 6.75. The van der Waals surface area contributed by atoms with Crippen LogP contribution in [0.2, 0.25) is 0 Å². The van der Waals surface area contributed by atoms with E-state index in [9.17, 15) is 12.8 Å². The van der Waals surface area contributed by atoms with E-state index < -0.39 is 15.8 Å². The molecular weight excluding hydrogens is 407 g/mol. The van der Waals surface area contributed by atoms with Crippen LogP contribution in [0.25, 0.3) is 11.0 Å². The first kappa shape index (κ1) is 22.2. The molecule has 0 aliphatic carbocycles. The Kier molecular flexibility index (Phi) is 6.74. The fourth-order valence-electron chi connectivity index (χ4n) is 3.44. The Morgan fingerprint density at radius 3 is 2.60 bits per heavy atom. The summed E-state index contributed by atoms with van der Waals surface area (Å²) in [6.07, 6.45) is 2.00. The predicted octanol–water partition coefficient (Wildman–Crippen LogP) is 3.26. The zero-order valence-corrected chi connectivity index (χ0v) is 18.2. The second kappa shape index (κ2) is 9.11. The monoisotopic (exact) mass is 434 g/mol. The quantitative estimate of drug-likeness (QED) is 0.558. The van der Waals surface area contributed by atoms with Crippen LogP contribution in [0.4, 0.5) is 4.39 Å². The third-order valence-corrected chi connectivity index (χ3v) is 5.85. The molecule has 0 unspecified atom stereocenters. The summed E-state index contributed by atoms with van der Waals surface area (Å²) in [5.41, 5.74) is 2.29. The summed E-state index contributed by atoms with van der Waals surface area (Å²) < 4.78 is 44.4. The molecule has 0 saturated carbocycles. The van der Waals surface area contributed by atoms with Gasteiger partial charge in [-0.2, -0.15) is 0 Å². The second-order valence-electron chi connectivity index (χ2n) is 7.37. The maximum atomic E-state index is 14.0. The molecule has 0 radical (unpaired) electrons. The van der Waals surface area contributed by atoms with Gasteiger partial charge >= 0.3 is 0 Å². The van der Waals surface area contributed by atoms with E-state index in [0.717, 1.165) is 36.3 Å². The molecule has 1 heterocycles. The molecule has 9 heteroatoms. The van der Waals surface area contributed by atoms with Gasteiger partial charge in [-0.15, -0.1) is 0 Å². The second-order valence-corrected chi connectivity index (χ2v) is 8.93. The number of aryl methyl sites for hydroxylation is 1. The number of imidazole rings is 1. The van der Waals surface area contributed by atoms with Crippen LogP contribution in [0, 0.1) is 5.82 Å². The lowest BCUT2D eigenvalue weighted by Gasteiger charge is -2.18. The van der Waals surface area contributed by atoms with E-state index in [2.05, 4.69) is 16.5 Å². The minimum atomic E-state index is -3.79. The van der Waals surface area contributed by atoms with Crippen LogP contribution in [0.3, 0.4) is 0 Å². The van der Waals surface area contributed by atoms with E-state index in [-0.39, 0.29) is 10.6 Å². The van der Waals surface area contributed by atoms with Crippen molar-refractivity contribution >= 4 is 21.1 Å². The highest BCUT2D eigenvalue weighted by Crippen LogP contribution is 2.23. The topological polar surface area (TPSA) is 90.4 Å². The van der Waals surface area contributed by atoms with E-state index in [0.29, 0.717) is 18.6 Å². The number of hydrogen-bond donors (Lipinski definition) is 1. The van der Waals surface area contributed by atoms with Gasteiger partial charge in [0.25, 0.3) is 0 Å². The lowest BCUT2D eigenvalue weighted by molar-refractivity contribution is 0.304. The number of sulfonamides is 1. The SMILES string of the molecule is CCCCn1c(CN(C)Cc2ccc(OC)c(F)c2)nc2cc(S(N)(=O)=O)ccc21. The van der Waals surface area contributed by atoms with Crippen molar-refractivity contribution in [3.63, 3.8) is 0 Å². The third kappa shape index (κ3) is 4.97. The molecule has 0 saturated heterocycles. The highest BCUT2D eigenvalue weighted by molar-refractivity contribution is 7.89. The van der Waals surface area contributed by atoms with Gasteiger partial charge in [-0.1, -0.05) is 19.4 Å². The maximum Gasteiger partial charge on any atom is 0.238 e. The fourth-order valence-corrected chi connectivity index (χ4v) is 3.97. The van der Waals surface area contributed by atoms with E-state index in [1.54, 1.807) is 12.1 Å². The molecule has 30 heavy (non-hydrogen) atoms. The number of benzene rings is 2. The van der Waals surface area contributed by atoms with Crippen molar-refractivity contribution in [3.8, 4) is 5.75 Å². The number of methoxy groups -OCH3 is 1. The molecule has 162 valence electrons. The maximum absolute atomic E-state index is 14.0. The molecule has 2 aromatic carbocycles. The van der Waals surface area contributed by atoms with Crippen molar-refractivity contribution < 1.29 is 17.5 Å². The molecular formula is C21H27FN4O3S. The number of fused-ring (bicyclic) bond motifs is 1. The summed E-state index contributed by atoms with van der Waals surface area (Å²) in [5, 5.41) is 5.26. The first-order valence-corrected chi connectivity index (χ1v) is 11.3. The van der Waals surface area contributed by atoms with Crippen molar-refractivity contribution in [1.82, 2.24) is 14.5 Å². The van der Waals surface area contributed by atoms with Gasteiger partial charge in [-0.3, -0.25) is 4.90 Å². The number of halogens is 1. The highest BCUT2D eigenvalue weighted by atomic mass is 32.2. The van der Waals surface area contributed by atoms with Crippen LogP contribution < -0.4 is 9.88 Å². The van der Waals surface area contributed by atoms with Gasteiger partial charge in [0.2, 0.25) is 10.0 Å². The van der Waals surface area contributed by atoms with E-state index in [1.807, 2.05) is 18.0 Å². The lowest BCUT2D eigenvalue weighted by Crippen LogP contribution is -2.20. The van der Waals surface area contributed by atoms with Crippen LogP contribution >= 0.6 is 0 Å². The summed E-state index contributed by atoms with van der Waals surface area (Å²) in [5.74, 6) is 0.643. The molecule has 0 bridgehead atoms. The highest BCUT2D eigenvalue weighted by Gasteiger charge is 2.16. The van der Waals surface area contributed by atoms with Gasteiger partial charge in [-0.05, 0) is 49.4 Å². The van der Waals surface area contributed by atoms with Gasteiger partial charge in [-0.25, -0.2) is 22.9 Å². The van der Waals surface area contributed by atoms with Gasteiger partial charge in [0.05, 0.1) is 29.6 Å². The van der Waals surface area contributed by atoms with Gasteiger partial charge < -0.3 is 9.30 Å². The Balaban J connectivity index is 1.88. The average Bonchev–Trinajstić information content (AvgIpc) is 3.01. The number of aromatic nitrogens is 2. The van der Waals surface area contributed by atoms with E-state index in [4.69, 9.17) is 9.88 Å². The minimum absolute atomic E-state index is 0.0451. The molecule has 3 rings (SSSR count). The van der Waals surface area contributed by atoms with Crippen LogP contribution in [0.1, 0.15) is 31.2 Å². The lowest BCUT2D eigenvalue weighted by atomic mass is 10.2. The van der Waals surface area contributed by atoms with Crippen molar-refractivity contribution in [2.45, 2.75) is 44.3 Å². The Hall–Kier alpha value is -2.49. The standard InChI is InChI=1S/C21H27FN4O3S/c1-4-5-10-26-19-8-7-16(30(23,27)28)12-18(19)24-21(26)14-25(2)13-15-6-9-20(29-3)17(22)11-15/h6-9,11-12H,4-5,10,13-14H2,1-3H3,(H2,23,27,28). The number of unbranched alkanes of at least 4 members (excludes halogenated alkanes) is 1. The number of primary sulfonamides is 1. The third-order valence-electron chi connectivity index (χ3n) is 4.94. The summed E-state index contributed by atoms with van der Waals surface area (Å²) in [7, 11) is -0.425. The Morgan fingerprint density at radius 2 is 1.97 bits per heavy atom. The molecule has 3 aromatic rings. The van der Waals surface area contributed by atoms with Crippen molar-refractivity contribution in [2.75, 3.05) is 14.2 Å². The molecule has 0 atom stereocenters. The molecule has 0 fully saturated rings. The predicted molar refractivity (Wildman–Crippen MR) is 114 cm³/mol. The molecule has 2 N–H and O–H groups in total. The number of nitrogens with two attached hydrogens (primary N) is 1. The summed E-state index contributed by atoms with van der Waals surface area (Å²) >= 11 is 0. The normalized spacial score (nSPS) is 12.1. The van der Waals surface area contributed by atoms with Crippen LogP contribution in [-0.4, -0.2) is 37.0 Å². The average molecular weight is 435 g/mol. The van der Waals surface area contributed by atoms with Crippen molar-refractivity contribution in [2.24, 2.45) is 5.14 Å². The summed E-state index contributed by atoms with van der Waals surface area (Å²) in [6, 6.07) is 9.68. The molecule has 1 aromatic heterocycles. The molecule has 0 amide bonds. The molecule has 0 aliphatic heterocycles. The Labute approximate surface area is 176 Å². The number of rotatable bonds is 9. The van der Waals surface area contributed by atoms with E-state index >= 15 is 0 Å². The van der Waals surface area contributed by atoms with Gasteiger partial charge in [0.1, 0.15) is 5.82 Å². The molecule has 0 spiro atoms. The summed E-state index contributed by atoms with van der Waals surface area (Å²) in [6.45, 7) is 3.95. The zero-order chi connectivity index (χ0) is 21.9. The smallest absolute Gasteiger partial charge is 0.238 e. The van der Waals surface area contributed by atoms with Crippen LogP contribution in [-0.2, 0) is 29.7 Å². The molecule has 0 aliphatic rings. The first-order valence-electron chi connectivity index (χ1n) is 9.76. The first-order chi connectivity index (χ1) is 14.2. The van der Waals surface area contributed by atoms with Crippen molar-refractivity contribution in [3.05, 3.63) is 53.6 Å². The van der Waals surface area contributed by atoms with Crippen molar-refractivity contribution in [1.29, 1.82) is 0 Å². The number of nitrogens with zero attached hydrogens (tertiary/aromatic N) is 3. The largest absolute Gasteiger partial charge is 0.494 e. The van der Waals surface area contributed by atoms with Gasteiger partial charge in [0.15, 0.2) is 11.6 Å². The van der Waals surface area contributed by atoms with Crippen LogP contribution in [0.15, 0.2) is 41.3 Å². The minimum Gasteiger partial charge on any atom is -0.494 e.